The quantitative estimate of drug-likeness (QED) is 0.760. The van der Waals surface area contributed by atoms with Gasteiger partial charge in [-0.15, -0.1) is 11.3 Å². The van der Waals surface area contributed by atoms with E-state index in [1.165, 1.54) is 24.2 Å². The van der Waals surface area contributed by atoms with Crippen molar-refractivity contribution in [3.05, 3.63) is 21.9 Å². The summed E-state index contributed by atoms with van der Waals surface area (Å²) in [7, 11) is 1.74. The average molecular weight is 269 g/mol. The third-order valence-electron chi connectivity index (χ3n) is 3.49. The summed E-state index contributed by atoms with van der Waals surface area (Å²) >= 11 is 1.50. The average Bonchev–Trinajstić information content (AvgIpc) is 2.94. The Morgan fingerprint density at radius 2 is 2.39 bits per heavy atom. The fourth-order valence-corrected chi connectivity index (χ4v) is 2.87. The molecule has 1 aliphatic rings. The second kappa shape index (κ2) is 5.82. The Morgan fingerprint density at radius 3 is 2.94 bits per heavy atom. The number of nitrogens with one attached hydrogen (secondary N) is 1. The van der Waals surface area contributed by atoms with Crippen LogP contribution in [-0.4, -0.2) is 31.3 Å². The molecule has 0 aliphatic heterocycles. The topological polar surface area (TPSA) is 58.6 Å². The summed E-state index contributed by atoms with van der Waals surface area (Å²) in [6.07, 6.45) is 3.66. The molecule has 2 rings (SSSR count). The molecule has 18 heavy (non-hydrogen) atoms. The van der Waals surface area contributed by atoms with Gasteiger partial charge in [0.15, 0.2) is 0 Å². The van der Waals surface area contributed by atoms with Gasteiger partial charge in [-0.1, -0.05) is 0 Å². The van der Waals surface area contributed by atoms with E-state index in [1.54, 1.807) is 18.6 Å². The third kappa shape index (κ3) is 3.54. The maximum atomic E-state index is 10.7. The lowest BCUT2D eigenvalue weighted by Crippen LogP contribution is -2.24. The van der Waals surface area contributed by atoms with E-state index in [-0.39, 0.29) is 0 Å². The minimum atomic E-state index is -0.851. The van der Waals surface area contributed by atoms with E-state index in [0.29, 0.717) is 11.0 Å². The van der Waals surface area contributed by atoms with Crippen LogP contribution in [0.4, 0.5) is 0 Å². The van der Waals surface area contributed by atoms with Crippen molar-refractivity contribution in [1.29, 1.82) is 0 Å². The van der Waals surface area contributed by atoms with Crippen LogP contribution in [0.15, 0.2) is 11.4 Å². The highest BCUT2D eigenvalue weighted by Gasteiger charge is 2.41. The molecule has 0 bridgehead atoms. The van der Waals surface area contributed by atoms with Crippen LogP contribution in [0, 0.1) is 5.41 Å². The molecule has 1 saturated carbocycles. The van der Waals surface area contributed by atoms with Crippen LogP contribution in [0.25, 0.3) is 0 Å². The predicted molar refractivity (Wildman–Crippen MR) is 71.1 cm³/mol. The number of carboxylic acid groups (broad SMARTS) is 1. The number of rotatable bonds is 8. The maximum absolute atomic E-state index is 10.7. The second-order valence-electron chi connectivity index (χ2n) is 4.95. The first-order chi connectivity index (χ1) is 8.65. The molecule has 0 saturated heterocycles. The van der Waals surface area contributed by atoms with Crippen molar-refractivity contribution in [2.75, 3.05) is 20.3 Å². The standard InChI is InChI=1S/C13H19NO3S/c1-17-5-4-13(2-3-13)9-14-7-11-6-10(8-18-11)12(15)16/h6,8,14H,2-5,7,9H2,1H3,(H,15,16). The van der Waals surface area contributed by atoms with E-state index in [1.807, 2.05) is 0 Å². The van der Waals surface area contributed by atoms with Crippen LogP contribution < -0.4 is 5.32 Å². The number of aromatic carboxylic acids is 1. The molecule has 0 amide bonds. The van der Waals surface area contributed by atoms with E-state index in [2.05, 4.69) is 5.32 Å². The van der Waals surface area contributed by atoms with E-state index in [0.717, 1.165) is 31.0 Å². The molecule has 1 heterocycles. The van der Waals surface area contributed by atoms with Crippen LogP contribution in [0.5, 0.6) is 0 Å². The number of thiophene rings is 1. The van der Waals surface area contributed by atoms with Gasteiger partial charge in [-0.3, -0.25) is 0 Å². The molecule has 0 unspecified atom stereocenters. The van der Waals surface area contributed by atoms with Gasteiger partial charge in [-0.25, -0.2) is 4.79 Å². The summed E-state index contributed by atoms with van der Waals surface area (Å²) in [6.45, 7) is 2.58. The SMILES string of the molecule is COCCC1(CNCc2cc(C(=O)O)cs2)CC1. The Balaban J connectivity index is 1.73. The Hall–Kier alpha value is -0.910. The Kier molecular flexibility index (Phi) is 4.37. The van der Waals surface area contributed by atoms with Gasteiger partial charge >= 0.3 is 5.97 Å². The zero-order valence-corrected chi connectivity index (χ0v) is 11.4. The summed E-state index contributed by atoms with van der Waals surface area (Å²) < 4.78 is 5.12. The first-order valence-electron chi connectivity index (χ1n) is 6.16. The second-order valence-corrected chi connectivity index (χ2v) is 5.95. The molecule has 1 aromatic rings. The predicted octanol–water partition coefficient (Wildman–Crippen LogP) is 2.35. The molecular weight excluding hydrogens is 250 g/mol. The van der Waals surface area contributed by atoms with Gasteiger partial charge in [0, 0.05) is 37.1 Å². The van der Waals surface area contributed by atoms with Gasteiger partial charge in [0.1, 0.15) is 0 Å². The van der Waals surface area contributed by atoms with E-state index in [9.17, 15) is 4.79 Å². The van der Waals surface area contributed by atoms with Crippen LogP contribution in [-0.2, 0) is 11.3 Å². The first kappa shape index (κ1) is 13.5. The van der Waals surface area contributed by atoms with Crippen molar-refractivity contribution >= 4 is 17.3 Å². The number of methoxy groups -OCH3 is 1. The maximum Gasteiger partial charge on any atom is 0.336 e. The number of carbonyl (C=O) groups is 1. The van der Waals surface area contributed by atoms with Gasteiger partial charge in [0.2, 0.25) is 0 Å². The Bertz CT molecular complexity index is 412. The number of ether oxygens (including phenoxy) is 1. The molecule has 1 fully saturated rings. The molecule has 100 valence electrons. The van der Waals surface area contributed by atoms with Gasteiger partial charge < -0.3 is 15.2 Å². The van der Waals surface area contributed by atoms with Crippen molar-refractivity contribution < 1.29 is 14.6 Å². The molecule has 2 N–H and O–H groups in total. The first-order valence-corrected chi connectivity index (χ1v) is 7.04. The molecule has 0 radical (unpaired) electrons. The highest BCUT2D eigenvalue weighted by molar-refractivity contribution is 7.10. The number of hydrogen-bond donors (Lipinski definition) is 2. The third-order valence-corrected chi connectivity index (χ3v) is 4.43. The highest BCUT2D eigenvalue weighted by Crippen LogP contribution is 2.48. The van der Waals surface area contributed by atoms with Crippen molar-refractivity contribution in [2.24, 2.45) is 5.41 Å². The molecule has 1 aromatic heterocycles. The molecule has 0 aromatic carbocycles. The van der Waals surface area contributed by atoms with Crippen molar-refractivity contribution in [2.45, 2.75) is 25.8 Å². The molecule has 4 nitrogen and oxygen atoms in total. The number of carboxylic acids is 1. The zero-order chi connectivity index (χ0) is 13.0. The fourth-order valence-electron chi connectivity index (χ4n) is 2.05. The molecule has 0 atom stereocenters. The lowest BCUT2D eigenvalue weighted by atomic mass is 10.0. The van der Waals surface area contributed by atoms with Crippen LogP contribution in [0.3, 0.4) is 0 Å². The minimum Gasteiger partial charge on any atom is -0.478 e. The molecule has 0 spiro atoms. The largest absolute Gasteiger partial charge is 0.478 e. The fraction of sp³-hybridized carbons (Fsp3) is 0.615. The highest BCUT2D eigenvalue weighted by atomic mass is 32.1. The molecule has 5 heteroatoms. The normalized spacial score (nSPS) is 16.7. The summed E-state index contributed by atoms with van der Waals surface area (Å²) in [5, 5.41) is 14.0. The van der Waals surface area contributed by atoms with Gasteiger partial charge in [0.05, 0.1) is 5.56 Å². The van der Waals surface area contributed by atoms with Gasteiger partial charge in [-0.05, 0) is 30.7 Å². The summed E-state index contributed by atoms with van der Waals surface area (Å²) in [5.74, 6) is -0.851. The minimum absolute atomic E-state index is 0.386. The molecule has 1 aliphatic carbocycles. The lowest BCUT2D eigenvalue weighted by Gasteiger charge is -2.14. The summed E-state index contributed by atoms with van der Waals surface area (Å²) in [6, 6.07) is 1.74. The summed E-state index contributed by atoms with van der Waals surface area (Å²) in [5.41, 5.74) is 0.820. The van der Waals surface area contributed by atoms with E-state index >= 15 is 0 Å². The molecular formula is C13H19NO3S. The smallest absolute Gasteiger partial charge is 0.336 e. The van der Waals surface area contributed by atoms with Gasteiger partial charge in [-0.2, -0.15) is 0 Å². The van der Waals surface area contributed by atoms with Crippen molar-refractivity contribution in [3.63, 3.8) is 0 Å². The monoisotopic (exact) mass is 269 g/mol. The Morgan fingerprint density at radius 1 is 1.61 bits per heavy atom. The van der Waals surface area contributed by atoms with E-state index in [4.69, 9.17) is 9.84 Å². The van der Waals surface area contributed by atoms with Crippen molar-refractivity contribution in [3.8, 4) is 0 Å². The van der Waals surface area contributed by atoms with E-state index < -0.39 is 5.97 Å². The Labute approximate surface area is 111 Å². The van der Waals surface area contributed by atoms with Crippen LogP contribution in [0.1, 0.15) is 34.5 Å². The zero-order valence-electron chi connectivity index (χ0n) is 10.6. The lowest BCUT2D eigenvalue weighted by molar-refractivity contribution is 0.0697. The van der Waals surface area contributed by atoms with Crippen LogP contribution in [0.2, 0.25) is 0 Å². The van der Waals surface area contributed by atoms with Gasteiger partial charge in [0.25, 0.3) is 0 Å². The van der Waals surface area contributed by atoms with Crippen LogP contribution >= 0.6 is 11.3 Å². The number of hydrogen-bond acceptors (Lipinski definition) is 4. The summed E-state index contributed by atoms with van der Waals surface area (Å²) in [4.78, 5) is 11.8. The van der Waals surface area contributed by atoms with Crippen molar-refractivity contribution in [1.82, 2.24) is 5.32 Å².